The van der Waals surface area contributed by atoms with Crippen molar-refractivity contribution in [3.05, 3.63) is 35.4 Å². The van der Waals surface area contributed by atoms with Crippen molar-refractivity contribution in [1.29, 1.82) is 0 Å². The Kier molecular flexibility index (Phi) is 2.16. The van der Waals surface area contributed by atoms with Crippen LogP contribution in [0.25, 0.3) is 0 Å². The van der Waals surface area contributed by atoms with Gasteiger partial charge in [-0.15, -0.1) is 0 Å². The Morgan fingerprint density at radius 2 is 1.83 bits per heavy atom. The van der Waals surface area contributed by atoms with Crippen molar-refractivity contribution in [2.75, 3.05) is 0 Å². The molecule has 1 aromatic rings. The highest BCUT2D eigenvalue weighted by Gasteiger charge is 2.17. The van der Waals surface area contributed by atoms with E-state index in [1.807, 2.05) is 0 Å². The predicted molar refractivity (Wildman–Crippen MR) is 52.2 cm³/mol. The molecule has 0 N–H and O–H groups in total. The quantitative estimate of drug-likeness (QED) is 0.622. The smallest absolute Gasteiger partial charge is 0.0250 e. The predicted octanol–water partition coefficient (Wildman–Crippen LogP) is 3.34. The van der Waals surface area contributed by atoms with E-state index >= 15 is 0 Å². The largest absolute Gasteiger partial charge is 0.0591 e. The Morgan fingerprint density at radius 1 is 1.17 bits per heavy atom. The topological polar surface area (TPSA) is 0 Å². The summed E-state index contributed by atoms with van der Waals surface area (Å²) in [5.41, 5.74) is 2.89. The van der Waals surface area contributed by atoms with Crippen molar-refractivity contribution >= 4 is 0 Å². The molecule has 1 aliphatic carbocycles. The number of hydrogen-bond acceptors (Lipinski definition) is 0. The molecule has 0 heteroatoms. The molecule has 0 unspecified atom stereocenters. The summed E-state index contributed by atoms with van der Waals surface area (Å²) in [5.74, 6) is 0.993. The fourth-order valence-electron chi connectivity index (χ4n) is 1.75. The van der Waals surface area contributed by atoms with E-state index in [1.165, 1.54) is 36.8 Å². The molecule has 0 bridgehead atoms. The molecule has 0 aromatic heterocycles. The first-order chi connectivity index (χ1) is 5.84. The lowest BCUT2D eigenvalue weighted by molar-refractivity contribution is 0.314. The van der Waals surface area contributed by atoms with Gasteiger partial charge in [0.25, 0.3) is 0 Å². The first-order valence-electron chi connectivity index (χ1n) is 4.90. The SMILES string of the molecule is Cc1ccc(CC2CCC2)cc1. The Bertz CT molecular complexity index is 241. The molecule has 64 valence electrons. The average molecular weight is 160 g/mol. The molecule has 0 atom stereocenters. The van der Waals surface area contributed by atoms with Gasteiger partial charge in [-0.05, 0) is 24.8 Å². The van der Waals surface area contributed by atoms with Crippen LogP contribution in [0.4, 0.5) is 0 Å². The summed E-state index contributed by atoms with van der Waals surface area (Å²) in [6, 6.07) is 8.98. The van der Waals surface area contributed by atoms with E-state index in [0.29, 0.717) is 0 Å². The maximum atomic E-state index is 2.27. The van der Waals surface area contributed by atoms with Crippen molar-refractivity contribution < 1.29 is 0 Å². The fourth-order valence-corrected chi connectivity index (χ4v) is 1.75. The van der Waals surface area contributed by atoms with E-state index in [9.17, 15) is 0 Å². The lowest BCUT2D eigenvalue weighted by atomic mass is 9.81. The molecule has 1 saturated carbocycles. The first kappa shape index (κ1) is 7.85. The Morgan fingerprint density at radius 3 is 2.33 bits per heavy atom. The number of hydrogen-bond donors (Lipinski definition) is 0. The number of aryl methyl sites for hydroxylation is 1. The molecule has 0 nitrogen and oxygen atoms in total. The highest BCUT2D eigenvalue weighted by Crippen LogP contribution is 2.29. The lowest BCUT2D eigenvalue weighted by Gasteiger charge is -2.25. The average Bonchev–Trinajstić information content (AvgIpc) is 2.00. The highest BCUT2D eigenvalue weighted by molar-refractivity contribution is 5.21. The van der Waals surface area contributed by atoms with Crippen LogP contribution in [0.2, 0.25) is 0 Å². The Labute approximate surface area is 74.6 Å². The van der Waals surface area contributed by atoms with Crippen LogP contribution < -0.4 is 0 Å². The molecule has 0 heterocycles. The molecule has 12 heavy (non-hydrogen) atoms. The molecule has 0 spiro atoms. The second-order valence-corrected chi connectivity index (χ2v) is 3.99. The lowest BCUT2D eigenvalue weighted by Crippen LogP contribution is -2.13. The third-order valence-electron chi connectivity index (χ3n) is 2.87. The van der Waals surface area contributed by atoms with Gasteiger partial charge >= 0.3 is 0 Å². The first-order valence-corrected chi connectivity index (χ1v) is 4.90. The van der Waals surface area contributed by atoms with Gasteiger partial charge in [0.1, 0.15) is 0 Å². The van der Waals surface area contributed by atoms with Crippen LogP contribution in [0.3, 0.4) is 0 Å². The zero-order valence-corrected chi connectivity index (χ0v) is 7.72. The van der Waals surface area contributed by atoms with Crippen molar-refractivity contribution in [3.8, 4) is 0 Å². The van der Waals surface area contributed by atoms with Gasteiger partial charge in [0.2, 0.25) is 0 Å². The van der Waals surface area contributed by atoms with Crippen LogP contribution in [0.5, 0.6) is 0 Å². The van der Waals surface area contributed by atoms with Gasteiger partial charge in [-0.3, -0.25) is 0 Å². The van der Waals surface area contributed by atoms with E-state index in [2.05, 4.69) is 31.2 Å². The fraction of sp³-hybridized carbons (Fsp3) is 0.500. The van der Waals surface area contributed by atoms with Gasteiger partial charge in [-0.1, -0.05) is 49.1 Å². The van der Waals surface area contributed by atoms with Crippen molar-refractivity contribution in [1.82, 2.24) is 0 Å². The summed E-state index contributed by atoms with van der Waals surface area (Å²) >= 11 is 0. The molecule has 0 saturated heterocycles. The van der Waals surface area contributed by atoms with E-state index in [0.717, 1.165) is 5.92 Å². The van der Waals surface area contributed by atoms with Crippen LogP contribution >= 0.6 is 0 Å². The van der Waals surface area contributed by atoms with Gasteiger partial charge in [0, 0.05) is 0 Å². The van der Waals surface area contributed by atoms with E-state index < -0.39 is 0 Å². The van der Waals surface area contributed by atoms with Gasteiger partial charge < -0.3 is 0 Å². The van der Waals surface area contributed by atoms with E-state index in [4.69, 9.17) is 0 Å². The minimum Gasteiger partial charge on any atom is -0.0591 e. The molecule has 0 aliphatic heterocycles. The second-order valence-electron chi connectivity index (χ2n) is 3.99. The van der Waals surface area contributed by atoms with Crippen LogP contribution in [0.15, 0.2) is 24.3 Å². The van der Waals surface area contributed by atoms with E-state index in [-0.39, 0.29) is 0 Å². The van der Waals surface area contributed by atoms with Gasteiger partial charge in [0.05, 0.1) is 0 Å². The zero-order valence-electron chi connectivity index (χ0n) is 7.72. The normalized spacial score (nSPS) is 17.4. The Hall–Kier alpha value is -0.780. The molecule has 0 amide bonds. The molecule has 1 fully saturated rings. The molecule has 0 radical (unpaired) electrons. The second kappa shape index (κ2) is 3.30. The molecule has 2 rings (SSSR count). The van der Waals surface area contributed by atoms with Crippen LogP contribution in [-0.2, 0) is 6.42 Å². The molecular formula is C12H16. The minimum absolute atomic E-state index is 0.993. The van der Waals surface area contributed by atoms with Gasteiger partial charge in [0.15, 0.2) is 0 Å². The van der Waals surface area contributed by atoms with Crippen molar-refractivity contribution in [2.24, 2.45) is 5.92 Å². The molecule has 1 aliphatic rings. The molecular weight excluding hydrogens is 144 g/mol. The third kappa shape index (κ3) is 1.69. The summed E-state index contributed by atoms with van der Waals surface area (Å²) in [5, 5.41) is 0. The summed E-state index contributed by atoms with van der Waals surface area (Å²) in [7, 11) is 0. The number of rotatable bonds is 2. The maximum absolute atomic E-state index is 2.27. The maximum Gasteiger partial charge on any atom is -0.0250 e. The monoisotopic (exact) mass is 160 g/mol. The summed E-state index contributed by atoms with van der Waals surface area (Å²) < 4.78 is 0. The third-order valence-corrected chi connectivity index (χ3v) is 2.87. The van der Waals surface area contributed by atoms with Crippen molar-refractivity contribution in [3.63, 3.8) is 0 Å². The van der Waals surface area contributed by atoms with Gasteiger partial charge in [-0.2, -0.15) is 0 Å². The minimum atomic E-state index is 0.993. The highest BCUT2D eigenvalue weighted by atomic mass is 14.2. The van der Waals surface area contributed by atoms with Crippen LogP contribution in [-0.4, -0.2) is 0 Å². The van der Waals surface area contributed by atoms with Crippen molar-refractivity contribution in [2.45, 2.75) is 32.6 Å². The van der Waals surface area contributed by atoms with Gasteiger partial charge in [-0.25, -0.2) is 0 Å². The van der Waals surface area contributed by atoms with Crippen LogP contribution in [0, 0.1) is 12.8 Å². The number of benzene rings is 1. The summed E-state index contributed by atoms with van der Waals surface area (Å²) in [4.78, 5) is 0. The van der Waals surface area contributed by atoms with E-state index in [1.54, 1.807) is 0 Å². The summed E-state index contributed by atoms with van der Waals surface area (Å²) in [6.07, 6.45) is 5.67. The standard InChI is InChI=1S/C12H16/c1-10-5-7-12(8-6-10)9-11-3-2-4-11/h5-8,11H,2-4,9H2,1H3. The Balaban J connectivity index is 1.98. The zero-order chi connectivity index (χ0) is 8.39. The van der Waals surface area contributed by atoms with Crippen LogP contribution in [0.1, 0.15) is 30.4 Å². The summed E-state index contributed by atoms with van der Waals surface area (Å²) in [6.45, 7) is 2.15. The molecule has 1 aromatic carbocycles.